The highest BCUT2D eigenvalue weighted by Crippen LogP contribution is 2.23. The maximum atomic E-state index is 12.9. The Hall–Kier alpha value is -4.80. The van der Waals surface area contributed by atoms with Crippen LogP contribution in [0.25, 0.3) is 10.2 Å². The van der Waals surface area contributed by atoms with E-state index in [4.69, 9.17) is 26.2 Å². The summed E-state index contributed by atoms with van der Waals surface area (Å²) in [5, 5.41) is 32.3. The SMILES string of the molecule is NC(Cc1nc2ccccc2s1)N1CCN(c2ncc(F)cn2)CC1.O=C(O)C=CC(=O)O.O=C(O)C=CC(=O)O. The molecule has 1 aliphatic rings. The first-order chi connectivity index (χ1) is 19.4. The average molecular weight is 591 g/mol. The van der Waals surface area contributed by atoms with E-state index in [9.17, 15) is 23.6 Å². The van der Waals surface area contributed by atoms with Crippen LogP contribution in [-0.2, 0) is 25.6 Å². The molecule has 3 aromatic rings. The summed E-state index contributed by atoms with van der Waals surface area (Å²) in [6, 6.07) is 8.15. The summed E-state index contributed by atoms with van der Waals surface area (Å²) in [6.07, 6.45) is 5.32. The molecule has 0 saturated carbocycles. The molecule has 4 rings (SSSR count). The van der Waals surface area contributed by atoms with Crippen molar-refractivity contribution in [1.82, 2.24) is 19.9 Å². The fraction of sp³-hybridized carbons (Fsp3) is 0.240. The first kappa shape index (κ1) is 32.4. The van der Waals surface area contributed by atoms with Crippen molar-refractivity contribution in [1.29, 1.82) is 0 Å². The van der Waals surface area contributed by atoms with Gasteiger partial charge >= 0.3 is 23.9 Å². The molecule has 218 valence electrons. The minimum Gasteiger partial charge on any atom is -0.478 e. The van der Waals surface area contributed by atoms with Crippen LogP contribution < -0.4 is 10.6 Å². The molecular formula is C25H27FN6O8S. The maximum Gasteiger partial charge on any atom is 0.328 e. The minimum atomic E-state index is -1.26. The van der Waals surface area contributed by atoms with E-state index in [0.29, 0.717) is 30.3 Å². The van der Waals surface area contributed by atoms with E-state index in [0.717, 1.165) is 43.1 Å². The predicted molar refractivity (Wildman–Crippen MR) is 146 cm³/mol. The zero-order chi connectivity index (χ0) is 30.4. The number of thiazole rings is 1. The van der Waals surface area contributed by atoms with Gasteiger partial charge in [-0.2, -0.15) is 0 Å². The number of para-hydroxylation sites is 1. The first-order valence-corrected chi connectivity index (χ1v) is 12.6. The van der Waals surface area contributed by atoms with E-state index >= 15 is 0 Å². The van der Waals surface area contributed by atoms with E-state index in [1.165, 1.54) is 17.1 Å². The fourth-order valence-electron chi connectivity index (χ4n) is 3.32. The van der Waals surface area contributed by atoms with Crippen LogP contribution >= 0.6 is 11.3 Å². The van der Waals surface area contributed by atoms with E-state index in [1.807, 2.05) is 18.2 Å². The average Bonchev–Trinajstić information content (AvgIpc) is 3.34. The molecule has 1 saturated heterocycles. The number of rotatable bonds is 8. The molecule has 1 unspecified atom stereocenters. The van der Waals surface area contributed by atoms with Gasteiger partial charge in [-0.15, -0.1) is 11.3 Å². The van der Waals surface area contributed by atoms with Crippen molar-refractivity contribution in [3.63, 3.8) is 0 Å². The lowest BCUT2D eigenvalue weighted by Crippen LogP contribution is -2.54. The number of carboxylic acid groups (broad SMARTS) is 4. The van der Waals surface area contributed by atoms with Crippen LogP contribution in [0.3, 0.4) is 0 Å². The molecule has 41 heavy (non-hydrogen) atoms. The third kappa shape index (κ3) is 12.3. The number of fused-ring (bicyclic) bond motifs is 1. The lowest BCUT2D eigenvalue weighted by Gasteiger charge is -2.37. The van der Waals surface area contributed by atoms with Crippen LogP contribution in [0, 0.1) is 5.82 Å². The molecule has 0 radical (unpaired) electrons. The number of carbonyl (C=O) groups is 4. The Labute approximate surface area is 236 Å². The molecule has 1 aromatic carbocycles. The van der Waals surface area contributed by atoms with Crippen LogP contribution in [0.4, 0.5) is 10.3 Å². The van der Waals surface area contributed by atoms with Gasteiger partial charge in [0.2, 0.25) is 5.95 Å². The van der Waals surface area contributed by atoms with Crippen molar-refractivity contribution in [2.75, 3.05) is 31.1 Å². The van der Waals surface area contributed by atoms with E-state index in [-0.39, 0.29) is 6.17 Å². The molecule has 14 nitrogen and oxygen atoms in total. The van der Waals surface area contributed by atoms with Gasteiger partial charge in [-0.05, 0) is 12.1 Å². The highest BCUT2D eigenvalue weighted by atomic mass is 32.1. The molecule has 1 fully saturated rings. The summed E-state index contributed by atoms with van der Waals surface area (Å²) in [5.74, 6) is -4.87. The van der Waals surface area contributed by atoms with Gasteiger partial charge in [0.15, 0.2) is 5.82 Å². The van der Waals surface area contributed by atoms with Gasteiger partial charge in [-0.3, -0.25) is 4.90 Å². The minimum absolute atomic E-state index is 0.0585. The number of carboxylic acids is 4. The number of benzene rings is 1. The number of nitrogens with zero attached hydrogens (tertiary/aromatic N) is 5. The third-order valence-corrected chi connectivity index (χ3v) is 6.19. The summed E-state index contributed by atoms with van der Waals surface area (Å²) >= 11 is 1.70. The molecule has 0 amide bonds. The van der Waals surface area contributed by atoms with Crippen LogP contribution in [-0.4, -0.2) is 96.5 Å². The summed E-state index contributed by atoms with van der Waals surface area (Å²) < 4.78 is 14.1. The van der Waals surface area contributed by atoms with E-state index in [1.54, 1.807) is 11.3 Å². The normalized spacial score (nSPS) is 14.1. The van der Waals surface area contributed by atoms with Gasteiger partial charge in [0, 0.05) is 56.9 Å². The van der Waals surface area contributed by atoms with Crippen molar-refractivity contribution in [2.45, 2.75) is 12.6 Å². The number of nitrogens with two attached hydrogens (primary N) is 1. The van der Waals surface area contributed by atoms with Gasteiger partial charge in [0.1, 0.15) is 0 Å². The largest absolute Gasteiger partial charge is 0.478 e. The van der Waals surface area contributed by atoms with Crippen molar-refractivity contribution >= 4 is 51.4 Å². The number of hydrogen-bond donors (Lipinski definition) is 5. The number of aliphatic carboxylic acids is 4. The Kier molecular flexibility index (Phi) is 12.9. The lowest BCUT2D eigenvalue weighted by molar-refractivity contribution is -0.134. The Morgan fingerprint density at radius 2 is 1.37 bits per heavy atom. The topological polar surface area (TPSA) is 220 Å². The standard InChI is InChI=1S/C17H19FN6S.2C4H4O4/c18-12-10-20-17(21-11-12)24-7-5-23(6-8-24)15(19)9-16-22-13-3-1-2-4-14(13)25-16;2*5-3(6)1-2-4(7)8/h1-4,10-11,15H,5-9,19H2;2*1-2H,(H,5,6)(H,7,8). The highest BCUT2D eigenvalue weighted by Gasteiger charge is 2.23. The molecule has 6 N–H and O–H groups in total. The predicted octanol–water partition coefficient (Wildman–Crippen LogP) is 1.30. The summed E-state index contributed by atoms with van der Waals surface area (Å²) in [5.41, 5.74) is 7.43. The Morgan fingerprint density at radius 3 is 1.83 bits per heavy atom. The second-order valence-corrected chi connectivity index (χ2v) is 9.21. The quantitative estimate of drug-likeness (QED) is 0.233. The van der Waals surface area contributed by atoms with Gasteiger partial charge in [0.05, 0.1) is 33.8 Å². The van der Waals surface area contributed by atoms with Crippen LogP contribution in [0.5, 0.6) is 0 Å². The van der Waals surface area contributed by atoms with E-state index in [2.05, 4.69) is 30.8 Å². The van der Waals surface area contributed by atoms with Crippen molar-refractivity contribution in [2.24, 2.45) is 5.73 Å². The van der Waals surface area contributed by atoms with Gasteiger partial charge in [-0.25, -0.2) is 38.5 Å². The Morgan fingerprint density at radius 1 is 0.878 bits per heavy atom. The third-order valence-electron chi connectivity index (χ3n) is 5.13. The second-order valence-electron chi connectivity index (χ2n) is 8.09. The number of halogens is 1. The van der Waals surface area contributed by atoms with Crippen LogP contribution in [0.15, 0.2) is 61.0 Å². The summed E-state index contributed by atoms with van der Waals surface area (Å²) in [4.78, 5) is 55.3. The van der Waals surface area contributed by atoms with Gasteiger partial charge < -0.3 is 31.1 Å². The number of anilines is 1. The second kappa shape index (κ2) is 16.3. The zero-order valence-electron chi connectivity index (χ0n) is 21.4. The molecule has 0 bridgehead atoms. The van der Waals surface area contributed by atoms with E-state index < -0.39 is 29.7 Å². The smallest absolute Gasteiger partial charge is 0.328 e. The maximum absolute atomic E-state index is 12.9. The van der Waals surface area contributed by atoms with Crippen LogP contribution in [0.1, 0.15) is 5.01 Å². The lowest BCUT2D eigenvalue weighted by atomic mass is 10.2. The molecule has 0 spiro atoms. The number of aromatic nitrogens is 3. The zero-order valence-corrected chi connectivity index (χ0v) is 22.2. The summed E-state index contributed by atoms with van der Waals surface area (Å²) in [7, 11) is 0. The van der Waals surface area contributed by atoms with Crippen molar-refractivity contribution in [3.05, 3.63) is 71.8 Å². The molecule has 2 aromatic heterocycles. The molecule has 3 heterocycles. The summed E-state index contributed by atoms with van der Waals surface area (Å²) in [6.45, 7) is 3.21. The van der Waals surface area contributed by atoms with Crippen LogP contribution in [0.2, 0.25) is 0 Å². The molecule has 1 aliphatic heterocycles. The monoisotopic (exact) mass is 590 g/mol. The number of hydrogen-bond acceptors (Lipinski definition) is 11. The van der Waals surface area contributed by atoms with Crippen molar-refractivity contribution < 1.29 is 44.0 Å². The van der Waals surface area contributed by atoms with Gasteiger partial charge in [-0.1, -0.05) is 12.1 Å². The molecule has 1 atom stereocenters. The Balaban J connectivity index is 0.000000304. The molecule has 0 aliphatic carbocycles. The Bertz CT molecular complexity index is 1290. The molecule has 16 heteroatoms. The highest BCUT2D eigenvalue weighted by molar-refractivity contribution is 7.18. The van der Waals surface area contributed by atoms with Crippen molar-refractivity contribution in [3.8, 4) is 0 Å². The number of piperazine rings is 1. The first-order valence-electron chi connectivity index (χ1n) is 11.8. The fourth-order valence-corrected chi connectivity index (χ4v) is 4.34. The molecular weight excluding hydrogens is 563 g/mol. The van der Waals surface area contributed by atoms with Gasteiger partial charge in [0.25, 0.3) is 0 Å².